The maximum absolute atomic E-state index is 12.0. The standard InChI is InChI=1S/C19H19NO6/c1-23-14-8-6-13(7-9-14)10-20-18(21)12-25-19(22)17-11-24-15-4-2-3-5-16(15)26-17/h2-9,17H,10-12H2,1H3,(H,20,21). The molecule has 0 aliphatic carbocycles. The molecule has 0 saturated carbocycles. The third-order valence-electron chi connectivity index (χ3n) is 3.77. The van der Waals surface area contributed by atoms with Gasteiger partial charge in [-0.3, -0.25) is 4.79 Å². The van der Waals surface area contributed by atoms with E-state index in [1.54, 1.807) is 37.4 Å². The number of carbonyl (C=O) groups excluding carboxylic acids is 2. The summed E-state index contributed by atoms with van der Waals surface area (Å²) in [6.45, 7) is -0.00337. The molecular formula is C19H19NO6. The quantitative estimate of drug-likeness (QED) is 0.793. The Hall–Kier alpha value is -3.22. The molecule has 0 bridgehead atoms. The molecule has 7 heteroatoms. The summed E-state index contributed by atoms with van der Waals surface area (Å²) < 4.78 is 21.1. The Morgan fingerprint density at radius 1 is 1.12 bits per heavy atom. The number of hydrogen-bond donors (Lipinski definition) is 1. The molecule has 0 aromatic heterocycles. The van der Waals surface area contributed by atoms with Crippen molar-refractivity contribution in [1.82, 2.24) is 5.32 Å². The van der Waals surface area contributed by atoms with Gasteiger partial charge in [-0.1, -0.05) is 24.3 Å². The van der Waals surface area contributed by atoms with Crippen LogP contribution in [0, 0.1) is 0 Å². The third kappa shape index (κ3) is 4.44. The largest absolute Gasteiger partial charge is 0.497 e. The van der Waals surface area contributed by atoms with Gasteiger partial charge in [0.15, 0.2) is 18.1 Å². The van der Waals surface area contributed by atoms with E-state index in [0.29, 0.717) is 18.0 Å². The van der Waals surface area contributed by atoms with Crippen LogP contribution in [0.3, 0.4) is 0 Å². The van der Waals surface area contributed by atoms with Gasteiger partial charge in [0.05, 0.1) is 7.11 Å². The van der Waals surface area contributed by atoms with Crippen LogP contribution in [-0.4, -0.2) is 38.3 Å². The SMILES string of the molecule is COc1ccc(CNC(=O)COC(=O)C2COc3ccccc3O2)cc1. The van der Waals surface area contributed by atoms with Gasteiger partial charge in [-0.05, 0) is 29.8 Å². The highest BCUT2D eigenvalue weighted by Gasteiger charge is 2.29. The Kier molecular flexibility index (Phi) is 5.58. The van der Waals surface area contributed by atoms with Crippen molar-refractivity contribution in [1.29, 1.82) is 0 Å². The molecule has 136 valence electrons. The molecule has 26 heavy (non-hydrogen) atoms. The lowest BCUT2D eigenvalue weighted by Crippen LogP contribution is -2.39. The molecule has 1 aliphatic rings. The zero-order valence-corrected chi connectivity index (χ0v) is 14.3. The Morgan fingerprint density at radius 3 is 2.58 bits per heavy atom. The van der Waals surface area contributed by atoms with Crippen LogP contribution in [0.25, 0.3) is 0 Å². The number of carbonyl (C=O) groups is 2. The highest BCUT2D eigenvalue weighted by molar-refractivity contribution is 5.82. The summed E-state index contributed by atoms with van der Waals surface area (Å²) in [5.74, 6) is 0.758. The lowest BCUT2D eigenvalue weighted by molar-refractivity contribution is -0.157. The van der Waals surface area contributed by atoms with Crippen LogP contribution in [-0.2, 0) is 20.9 Å². The van der Waals surface area contributed by atoms with Gasteiger partial charge in [0.2, 0.25) is 6.10 Å². The maximum Gasteiger partial charge on any atom is 0.351 e. The van der Waals surface area contributed by atoms with Crippen LogP contribution in [0.2, 0.25) is 0 Å². The van der Waals surface area contributed by atoms with Gasteiger partial charge in [0, 0.05) is 6.54 Å². The fraction of sp³-hybridized carbons (Fsp3) is 0.263. The maximum atomic E-state index is 12.0. The predicted molar refractivity (Wildman–Crippen MR) is 92.2 cm³/mol. The molecule has 1 aliphatic heterocycles. The van der Waals surface area contributed by atoms with Crippen molar-refractivity contribution >= 4 is 11.9 Å². The van der Waals surface area contributed by atoms with E-state index in [1.165, 1.54) is 0 Å². The zero-order valence-electron chi connectivity index (χ0n) is 14.3. The number of benzene rings is 2. The van der Waals surface area contributed by atoms with Crippen molar-refractivity contribution in [3.8, 4) is 17.2 Å². The number of ether oxygens (including phenoxy) is 4. The van der Waals surface area contributed by atoms with E-state index in [2.05, 4.69) is 5.32 Å². The Bertz CT molecular complexity index is 774. The van der Waals surface area contributed by atoms with Gasteiger partial charge in [-0.2, -0.15) is 0 Å². The minimum atomic E-state index is -0.890. The molecule has 0 radical (unpaired) electrons. The molecule has 1 unspecified atom stereocenters. The van der Waals surface area contributed by atoms with E-state index < -0.39 is 18.0 Å². The summed E-state index contributed by atoms with van der Waals surface area (Å²) in [7, 11) is 1.59. The molecule has 3 rings (SSSR count). The summed E-state index contributed by atoms with van der Waals surface area (Å²) in [5, 5.41) is 2.68. The number of rotatable bonds is 6. The van der Waals surface area contributed by atoms with E-state index in [0.717, 1.165) is 11.3 Å². The number of amides is 1. The van der Waals surface area contributed by atoms with Crippen molar-refractivity contribution < 1.29 is 28.5 Å². The van der Waals surface area contributed by atoms with E-state index in [-0.39, 0.29) is 13.2 Å². The average molecular weight is 357 g/mol. The van der Waals surface area contributed by atoms with Crippen molar-refractivity contribution in [2.75, 3.05) is 20.3 Å². The third-order valence-corrected chi connectivity index (χ3v) is 3.77. The minimum Gasteiger partial charge on any atom is -0.497 e. The molecule has 2 aromatic carbocycles. The molecule has 1 heterocycles. The van der Waals surface area contributed by atoms with E-state index >= 15 is 0 Å². The highest BCUT2D eigenvalue weighted by Crippen LogP contribution is 2.31. The summed E-state index contributed by atoms with van der Waals surface area (Å²) in [5.41, 5.74) is 0.908. The van der Waals surface area contributed by atoms with E-state index in [1.807, 2.05) is 18.2 Å². The molecule has 7 nitrogen and oxygen atoms in total. The second kappa shape index (κ2) is 8.24. The van der Waals surface area contributed by atoms with Gasteiger partial charge in [-0.15, -0.1) is 0 Å². The normalized spacial score (nSPS) is 15.0. The first-order valence-corrected chi connectivity index (χ1v) is 8.10. The molecule has 1 N–H and O–H groups in total. The first-order valence-electron chi connectivity index (χ1n) is 8.10. The molecule has 0 fully saturated rings. The van der Waals surface area contributed by atoms with Crippen LogP contribution in [0.4, 0.5) is 0 Å². The first-order chi connectivity index (χ1) is 12.7. The van der Waals surface area contributed by atoms with Gasteiger partial charge in [0.25, 0.3) is 5.91 Å². The zero-order chi connectivity index (χ0) is 18.4. The number of para-hydroxylation sites is 2. The van der Waals surface area contributed by atoms with Gasteiger partial charge in [0.1, 0.15) is 12.4 Å². The highest BCUT2D eigenvalue weighted by atomic mass is 16.6. The second-order valence-corrected chi connectivity index (χ2v) is 5.60. The van der Waals surface area contributed by atoms with Crippen LogP contribution in [0.1, 0.15) is 5.56 Å². The summed E-state index contributed by atoms with van der Waals surface area (Å²) in [6, 6.07) is 14.3. The average Bonchev–Trinajstić information content (AvgIpc) is 2.70. The lowest BCUT2D eigenvalue weighted by atomic mass is 10.2. The van der Waals surface area contributed by atoms with E-state index in [4.69, 9.17) is 18.9 Å². The van der Waals surface area contributed by atoms with Gasteiger partial charge < -0.3 is 24.3 Å². The minimum absolute atomic E-state index is 0.0450. The summed E-state index contributed by atoms with van der Waals surface area (Å²) >= 11 is 0. The van der Waals surface area contributed by atoms with Crippen LogP contribution in [0.15, 0.2) is 48.5 Å². The first kappa shape index (κ1) is 17.6. The Morgan fingerprint density at radius 2 is 1.85 bits per heavy atom. The number of nitrogens with one attached hydrogen (secondary N) is 1. The van der Waals surface area contributed by atoms with Crippen LogP contribution >= 0.6 is 0 Å². The molecule has 0 saturated heterocycles. The number of methoxy groups -OCH3 is 1. The van der Waals surface area contributed by atoms with Gasteiger partial charge >= 0.3 is 5.97 Å². The molecule has 0 spiro atoms. The topological polar surface area (TPSA) is 83.1 Å². The van der Waals surface area contributed by atoms with Crippen molar-refractivity contribution in [3.63, 3.8) is 0 Å². The van der Waals surface area contributed by atoms with E-state index in [9.17, 15) is 9.59 Å². The Balaban J connectivity index is 1.42. The smallest absolute Gasteiger partial charge is 0.351 e. The fourth-order valence-corrected chi connectivity index (χ4v) is 2.36. The van der Waals surface area contributed by atoms with Crippen LogP contribution in [0.5, 0.6) is 17.2 Å². The predicted octanol–water partition coefficient (Wildman–Crippen LogP) is 1.69. The van der Waals surface area contributed by atoms with Crippen molar-refractivity contribution in [3.05, 3.63) is 54.1 Å². The lowest BCUT2D eigenvalue weighted by Gasteiger charge is -2.24. The molecule has 2 aromatic rings. The number of esters is 1. The second-order valence-electron chi connectivity index (χ2n) is 5.60. The number of hydrogen-bond acceptors (Lipinski definition) is 6. The monoisotopic (exact) mass is 357 g/mol. The molecule has 1 atom stereocenters. The fourth-order valence-electron chi connectivity index (χ4n) is 2.36. The Labute approximate surface area is 150 Å². The van der Waals surface area contributed by atoms with Gasteiger partial charge in [-0.25, -0.2) is 4.79 Å². The summed E-state index contributed by atoms with van der Waals surface area (Å²) in [4.78, 5) is 23.9. The summed E-state index contributed by atoms with van der Waals surface area (Å²) in [6.07, 6.45) is -0.890. The number of fused-ring (bicyclic) bond motifs is 1. The van der Waals surface area contributed by atoms with Crippen molar-refractivity contribution in [2.24, 2.45) is 0 Å². The van der Waals surface area contributed by atoms with Crippen molar-refractivity contribution in [2.45, 2.75) is 12.6 Å². The molecular weight excluding hydrogens is 338 g/mol. The van der Waals surface area contributed by atoms with Crippen LogP contribution < -0.4 is 19.5 Å². The molecule has 1 amide bonds.